The van der Waals surface area contributed by atoms with Crippen LogP contribution in [0.1, 0.15) is 25.8 Å². The lowest BCUT2D eigenvalue weighted by Crippen LogP contribution is -2.30. The third kappa shape index (κ3) is 2.87. The van der Waals surface area contributed by atoms with E-state index >= 15 is 0 Å². The second kappa shape index (κ2) is 5.04. The minimum atomic E-state index is 0.118. The van der Waals surface area contributed by atoms with Gasteiger partial charge < -0.3 is 10.3 Å². The number of hydrogen-bond acceptors (Lipinski definition) is 1. The number of H-pyrrole nitrogens is 1. The van der Waals surface area contributed by atoms with E-state index < -0.39 is 0 Å². The van der Waals surface area contributed by atoms with Crippen LogP contribution < -0.4 is 5.32 Å². The maximum Gasteiger partial charge on any atom is 0.220 e. The van der Waals surface area contributed by atoms with Gasteiger partial charge in [-0.15, -0.1) is 0 Å². The van der Waals surface area contributed by atoms with Gasteiger partial charge in [0.05, 0.1) is 0 Å². The summed E-state index contributed by atoms with van der Waals surface area (Å²) in [6.07, 6.45) is 3.26. The molecule has 2 N–H and O–H groups in total. The topological polar surface area (TPSA) is 44.9 Å². The van der Waals surface area contributed by atoms with Crippen LogP contribution in [0.15, 0.2) is 30.5 Å². The zero-order chi connectivity index (χ0) is 12.3. The number of carbonyl (C=O) groups excluding carboxylic acids is 1. The molecule has 0 saturated carbocycles. The highest BCUT2D eigenvalue weighted by Crippen LogP contribution is 2.18. The molecule has 1 aromatic carbocycles. The Bertz CT molecular complexity index is 514. The number of aromatic amines is 1. The van der Waals surface area contributed by atoms with Gasteiger partial charge in [0.1, 0.15) is 0 Å². The third-order valence-electron chi connectivity index (χ3n) is 2.76. The summed E-state index contributed by atoms with van der Waals surface area (Å²) in [4.78, 5) is 14.8. The van der Waals surface area contributed by atoms with Gasteiger partial charge in [0.25, 0.3) is 0 Å². The van der Waals surface area contributed by atoms with E-state index in [1.807, 2.05) is 32.2 Å². The van der Waals surface area contributed by atoms with Crippen molar-refractivity contribution < 1.29 is 4.79 Å². The molecule has 3 nitrogen and oxygen atoms in total. The molecule has 0 radical (unpaired) electrons. The van der Waals surface area contributed by atoms with Crippen molar-refractivity contribution in [2.24, 2.45) is 0 Å². The van der Waals surface area contributed by atoms with Crippen molar-refractivity contribution in [2.75, 3.05) is 0 Å². The quantitative estimate of drug-likeness (QED) is 0.833. The van der Waals surface area contributed by atoms with Gasteiger partial charge in [-0.25, -0.2) is 0 Å². The molecular formula is C14H18N2O. The first-order valence-corrected chi connectivity index (χ1v) is 6.01. The van der Waals surface area contributed by atoms with Crippen molar-refractivity contribution in [3.63, 3.8) is 0 Å². The first-order chi connectivity index (χ1) is 8.16. The molecule has 2 aromatic rings. The number of aromatic nitrogens is 1. The summed E-state index contributed by atoms with van der Waals surface area (Å²) < 4.78 is 0. The largest absolute Gasteiger partial charge is 0.361 e. The van der Waals surface area contributed by atoms with Gasteiger partial charge in [-0.3, -0.25) is 4.79 Å². The van der Waals surface area contributed by atoms with Crippen LogP contribution in [0, 0.1) is 0 Å². The van der Waals surface area contributed by atoms with E-state index in [4.69, 9.17) is 0 Å². The molecule has 1 heterocycles. The molecule has 3 heteroatoms. The average Bonchev–Trinajstić information content (AvgIpc) is 2.73. The van der Waals surface area contributed by atoms with Gasteiger partial charge in [0.15, 0.2) is 0 Å². The van der Waals surface area contributed by atoms with Gasteiger partial charge in [-0.2, -0.15) is 0 Å². The van der Waals surface area contributed by atoms with E-state index in [-0.39, 0.29) is 11.9 Å². The fourth-order valence-corrected chi connectivity index (χ4v) is 2.01. The van der Waals surface area contributed by atoms with Crippen molar-refractivity contribution in [2.45, 2.75) is 32.7 Å². The first-order valence-electron chi connectivity index (χ1n) is 6.01. The molecule has 1 amide bonds. The molecule has 90 valence electrons. The maximum atomic E-state index is 11.6. The fourth-order valence-electron chi connectivity index (χ4n) is 2.01. The smallest absolute Gasteiger partial charge is 0.220 e. The summed E-state index contributed by atoms with van der Waals surface area (Å²) in [6.45, 7) is 3.95. The molecule has 0 unspecified atom stereocenters. The van der Waals surface area contributed by atoms with E-state index in [2.05, 4.69) is 22.4 Å². The molecule has 0 saturated heterocycles. The Balaban J connectivity index is 2.04. The molecule has 17 heavy (non-hydrogen) atoms. The lowest BCUT2D eigenvalue weighted by atomic mass is 10.1. The fraction of sp³-hybridized carbons (Fsp3) is 0.357. The normalized spacial score (nSPS) is 11.0. The molecule has 0 bridgehead atoms. The van der Waals surface area contributed by atoms with Crippen molar-refractivity contribution in [1.29, 1.82) is 0 Å². The lowest BCUT2D eigenvalue weighted by Gasteiger charge is -2.08. The van der Waals surface area contributed by atoms with Crippen LogP contribution in [0.4, 0.5) is 0 Å². The minimum Gasteiger partial charge on any atom is -0.361 e. The average molecular weight is 230 g/mol. The maximum absolute atomic E-state index is 11.6. The highest BCUT2D eigenvalue weighted by atomic mass is 16.1. The summed E-state index contributed by atoms with van der Waals surface area (Å²) in [5.74, 6) is 0.118. The van der Waals surface area contributed by atoms with Crippen LogP contribution in [0.25, 0.3) is 10.9 Å². The standard InChI is InChI=1S/C14H18N2O/c1-10(2)16-14(17)7-6-11-4-3-5-13-12(11)8-9-15-13/h3-5,8-10,15H,6-7H2,1-2H3,(H,16,17). The van der Waals surface area contributed by atoms with Crippen LogP contribution in [0.2, 0.25) is 0 Å². The summed E-state index contributed by atoms with van der Waals surface area (Å²) in [6, 6.07) is 8.43. The van der Waals surface area contributed by atoms with Crippen LogP contribution >= 0.6 is 0 Å². The molecule has 0 spiro atoms. The van der Waals surface area contributed by atoms with E-state index in [1.165, 1.54) is 10.9 Å². The zero-order valence-electron chi connectivity index (χ0n) is 10.3. The van der Waals surface area contributed by atoms with Crippen molar-refractivity contribution in [3.05, 3.63) is 36.0 Å². The molecule has 0 aliphatic carbocycles. The second-order valence-electron chi connectivity index (χ2n) is 4.58. The van der Waals surface area contributed by atoms with Crippen molar-refractivity contribution in [3.8, 4) is 0 Å². The Morgan fingerprint density at radius 1 is 1.35 bits per heavy atom. The number of nitrogens with one attached hydrogen (secondary N) is 2. The molecule has 0 aliphatic heterocycles. The predicted octanol–water partition coefficient (Wildman–Crippen LogP) is 2.63. The lowest BCUT2D eigenvalue weighted by molar-refractivity contribution is -0.121. The van der Waals surface area contributed by atoms with Crippen molar-refractivity contribution in [1.82, 2.24) is 10.3 Å². The van der Waals surface area contributed by atoms with Gasteiger partial charge in [-0.05, 0) is 38.0 Å². The Hall–Kier alpha value is -1.77. The monoisotopic (exact) mass is 230 g/mol. The molecular weight excluding hydrogens is 212 g/mol. The van der Waals surface area contributed by atoms with Crippen molar-refractivity contribution >= 4 is 16.8 Å². The number of fused-ring (bicyclic) bond motifs is 1. The first kappa shape index (κ1) is 11.7. The Morgan fingerprint density at radius 2 is 2.18 bits per heavy atom. The van der Waals surface area contributed by atoms with Crippen LogP contribution in [0.3, 0.4) is 0 Å². The van der Waals surface area contributed by atoms with E-state index in [0.717, 1.165) is 11.9 Å². The Kier molecular flexibility index (Phi) is 3.47. The van der Waals surface area contributed by atoms with Gasteiger partial charge in [-0.1, -0.05) is 12.1 Å². The predicted molar refractivity (Wildman–Crippen MR) is 69.9 cm³/mol. The minimum absolute atomic E-state index is 0.118. The van der Waals surface area contributed by atoms with E-state index in [0.29, 0.717) is 6.42 Å². The summed E-state index contributed by atoms with van der Waals surface area (Å²) in [5.41, 5.74) is 2.36. The number of hydrogen-bond donors (Lipinski definition) is 2. The number of aryl methyl sites for hydroxylation is 1. The molecule has 0 fully saturated rings. The zero-order valence-corrected chi connectivity index (χ0v) is 10.3. The summed E-state index contributed by atoms with van der Waals surface area (Å²) in [5, 5.41) is 4.12. The number of benzene rings is 1. The SMILES string of the molecule is CC(C)NC(=O)CCc1cccc2[nH]ccc12. The van der Waals surface area contributed by atoms with Crippen LogP contribution in [-0.2, 0) is 11.2 Å². The highest BCUT2D eigenvalue weighted by Gasteiger charge is 2.06. The number of carbonyl (C=O) groups is 1. The Labute approximate surface area is 101 Å². The van der Waals surface area contributed by atoms with E-state index in [1.54, 1.807) is 0 Å². The second-order valence-corrected chi connectivity index (χ2v) is 4.58. The number of rotatable bonds is 4. The van der Waals surface area contributed by atoms with Crippen LogP contribution in [-0.4, -0.2) is 16.9 Å². The summed E-state index contributed by atoms with van der Waals surface area (Å²) >= 11 is 0. The Morgan fingerprint density at radius 3 is 2.94 bits per heavy atom. The van der Waals surface area contributed by atoms with Gasteiger partial charge in [0, 0.05) is 29.6 Å². The molecule has 0 aliphatic rings. The van der Waals surface area contributed by atoms with Gasteiger partial charge >= 0.3 is 0 Å². The van der Waals surface area contributed by atoms with E-state index in [9.17, 15) is 4.79 Å². The molecule has 1 aromatic heterocycles. The number of amides is 1. The van der Waals surface area contributed by atoms with Crippen LogP contribution in [0.5, 0.6) is 0 Å². The molecule has 0 atom stereocenters. The molecule has 2 rings (SSSR count). The highest BCUT2D eigenvalue weighted by molar-refractivity contribution is 5.84. The summed E-state index contributed by atoms with van der Waals surface area (Å²) in [7, 11) is 0. The van der Waals surface area contributed by atoms with Gasteiger partial charge in [0.2, 0.25) is 5.91 Å². The third-order valence-corrected chi connectivity index (χ3v) is 2.76.